The number of rotatable bonds is 3. The van der Waals surface area contributed by atoms with Gasteiger partial charge in [0.15, 0.2) is 0 Å². The molecule has 8 aromatic carbocycles. The summed E-state index contributed by atoms with van der Waals surface area (Å²) in [6.07, 6.45) is 0. The van der Waals surface area contributed by atoms with Crippen molar-refractivity contribution < 1.29 is 4.42 Å². The van der Waals surface area contributed by atoms with Gasteiger partial charge in [-0.2, -0.15) is 0 Å². The maximum absolute atomic E-state index is 6.93. The summed E-state index contributed by atoms with van der Waals surface area (Å²) in [6, 6.07) is 57.1. The van der Waals surface area contributed by atoms with Crippen LogP contribution in [0.5, 0.6) is 0 Å². The van der Waals surface area contributed by atoms with Crippen LogP contribution in [0.25, 0.3) is 97.0 Å². The second-order valence-electron chi connectivity index (χ2n) is 12.0. The molecule has 214 valence electrons. The number of furan rings is 1. The van der Waals surface area contributed by atoms with Crippen molar-refractivity contribution in [1.82, 2.24) is 0 Å². The average molecular weight is 603 g/mol. The lowest BCUT2D eigenvalue weighted by Crippen LogP contribution is -1.92. The minimum atomic E-state index is 0.909. The summed E-state index contributed by atoms with van der Waals surface area (Å²) in [7, 11) is 0. The van der Waals surface area contributed by atoms with Crippen molar-refractivity contribution in [2.75, 3.05) is 0 Å². The largest absolute Gasteiger partial charge is 0.455 e. The normalized spacial score (nSPS) is 11.9. The predicted molar refractivity (Wildman–Crippen MR) is 198 cm³/mol. The fraction of sp³-hybridized carbons (Fsp3) is 0. The molecule has 0 radical (unpaired) electrons. The molecule has 0 saturated carbocycles. The highest BCUT2D eigenvalue weighted by molar-refractivity contribution is 7.26. The van der Waals surface area contributed by atoms with E-state index in [-0.39, 0.29) is 0 Å². The molecule has 0 fully saturated rings. The molecule has 0 unspecified atom stereocenters. The van der Waals surface area contributed by atoms with E-state index in [1.807, 2.05) is 11.3 Å². The monoisotopic (exact) mass is 602 g/mol. The average Bonchev–Trinajstić information content (AvgIpc) is 3.69. The van der Waals surface area contributed by atoms with Crippen LogP contribution in [0.1, 0.15) is 0 Å². The van der Waals surface area contributed by atoms with Gasteiger partial charge >= 0.3 is 0 Å². The Hall–Kier alpha value is -5.70. The van der Waals surface area contributed by atoms with E-state index in [1.165, 1.54) is 74.6 Å². The Kier molecular flexibility index (Phi) is 5.51. The van der Waals surface area contributed by atoms with E-state index in [2.05, 4.69) is 158 Å². The molecule has 0 saturated heterocycles. The van der Waals surface area contributed by atoms with E-state index < -0.39 is 0 Å². The molecule has 2 heterocycles. The quantitative estimate of drug-likeness (QED) is 0.183. The van der Waals surface area contributed by atoms with Crippen molar-refractivity contribution in [3.05, 3.63) is 158 Å². The molecule has 0 amide bonds. The topological polar surface area (TPSA) is 13.1 Å². The van der Waals surface area contributed by atoms with E-state index in [0.717, 1.165) is 22.5 Å². The van der Waals surface area contributed by atoms with Crippen molar-refractivity contribution in [3.8, 4) is 33.6 Å². The summed E-state index contributed by atoms with van der Waals surface area (Å²) in [6.45, 7) is 0. The van der Waals surface area contributed by atoms with Crippen molar-refractivity contribution in [2.24, 2.45) is 0 Å². The van der Waals surface area contributed by atoms with Crippen LogP contribution in [0.2, 0.25) is 0 Å². The minimum absolute atomic E-state index is 0.909. The van der Waals surface area contributed by atoms with Gasteiger partial charge in [0.2, 0.25) is 0 Å². The lowest BCUT2D eigenvalue weighted by atomic mass is 9.84. The van der Waals surface area contributed by atoms with Gasteiger partial charge in [0, 0.05) is 42.2 Å². The number of benzene rings is 8. The smallest absolute Gasteiger partial charge is 0.143 e. The van der Waals surface area contributed by atoms with Gasteiger partial charge in [-0.3, -0.25) is 0 Å². The molecule has 0 spiro atoms. The molecule has 10 rings (SSSR count). The number of fused-ring (bicyclic) bond motifs is 8. The fourth-order valence-electron chi connectivity index (χ4n) is 7.49. The van der Waals surface area contributed by atoms with Crippen LogP contribution in [0.3, 0.4) is 0 Å². The second kappa shape index (κ2) is 9.90. The Balaban J connectivity index is 1.42. The van der Waals surface area contributed by atoms with Crippen LogP contribution < -0.4 is 0 Å². The third-order valence-corrected chi connectivity index (χ3v) is 10.6. The second-order valence-corrected chi connectivity index (χ2v) is 13.1. The third-order valence-electron chi connectivity index (χ3n) is 9.45. The van der Waals surface area contributed by atoms with Gasteiger partial charge in [0.05, 0.1) is 0 Å². The molecule has 0 N–H and O–H groups in total. The summed E-state index contributed by atoms with van der Waals surface area (Å²) in [4.78, 5) is 0. The van der Waals surface area contributed by atoms with E-state index >= 15 is 0 Å². The van der Waals surface area contributed by atoms with Crippen molar-refractivity contribution in [1.29, 1.82) is 0 Å². The van der Waals surface area contributed by atoms with E-state index in [0.29, 0.717) is 0 Å². The Morgan fingerprint density at radius 2 is 0.978 bits per heavy atom. The molecule has 1 nitrogen and oxygen atoms in total. The van der Waals surface area contributed by atoms with Crippen molar-refractivity contribution >= 4 is 74.8 Å². The maximum Gasteiger partial charge on any atom is 0.143 e. The minimum Gasteiger partial charge on any atom is -0.455 e. The zero-order chi connectivity index (χ0) is 30.2. The first kappa shape index (κ1) is 25.6. The summed E-state index contributed by atoms with van der Waals surface area (Å²) in [5, 5.41) is 11.1. The van der Waals surface area contributed by atoms with Gasteiger partial charge in [0.25, 0.3) is 0 Å². The van der Waals surface area contributed by atoms with Gasteiger partial charge in [-0.1, -0.05) is 133 Å². The Morgan fingerprint density at radius 3 is 1.72 bits per heavy atom. The number of hydrogen-bond donors (Lipinski definition) is 0. The number of hydrogen-bond acceptors (Lipinski definition) is 2. The standard InChI is InChI=1S/C44H26OS/c1-2-13-28(14-3-1)44-43(42-36(45-44)24-25-38-41(42)35-20-10-11-21-37(35)46-38)40-33-18-8-6-16-31(33)39(32-17-7-9-19-34(32)40)30-23-22-27-12-4-5-15-29(27)26-30/h1-26H. The summed E-state index contributed by atoms with van der Waals surface area (Å²) in [5.74, 6) is 0.909. The molecule has 0 atom stereocenters. The zero-order valence-electron chi connectivity index (χ0n) is 24.8. The van der Waals surface area contributed by atoms with E-state index in [9.17, 15) is 0 Å². The van der Waals surface area contributed by atoms with Gasteiger partial charge in [0.1, 0.15) is 11.3 Å². The van der Waals surface area contributed by atoms with Crippen LogP contribution in [0, 0.1) is 0 Å². The van der Waals surface area contributed by atoms with E-state index in [4.69, 9.17) is 4.42 Å². The van der Waals surface area contributed by atoms with Gasteiger partial charge in [-0.25, -0.2) is 0 Å². The summed E-state index contributed by atoms with van der Waals surface area (Å²) >= 11 is 1.85. The van der Waals surface area contributed by atoms with Crippen LogP contribution >= 0.6 is 11.3 Å². The molecule has 46 heavy (non-hydrogen) atoms. The molecule has 0 bridgehead atoms. The molecule has 10 aromatic rings. The molecule has 2 heteroatoms. The highest BCUT2D eigenvalue weighted by Crippen LogP contribution is 2.52. The molecule has 0 aliphatic heterocycles. The highest BCUT2D eigenvalue weighted by atomic mass is 32.1. The fourth-order valence-corrected chi connectivity index (χ4v) is 8.60. The summed E-state index contributed by atoms with van der Waals surface area (Å²) in [5.41, 5.74) is 6.86. The Labute approximate surface area is 269 Å². The highest BCUT2D eigenvalue weighted by Gasteiger charge is 2.26. The van der Waals surface area contributed by atoms with Crippen LogP contribution in [-0.2, 0) is 0 Å². The van der Waals surface area contributed by atoms with Gasteiger partial charge < -0.3 is 4.42 Å². The van der Waals surface area contributed by atoms with Crippen LogP contribution in [0.4, 0.5) is 0 Å². The Bertz CT molecular complexity index is 2740. The lowest BCUT2D eigenvalue weighted by molar-refractivity contribution is 0.633. The van der Waals surface area contributed by atoms with Gasteiger partial charge in [-0.05, 0) is 67.7 Å². The molecular formula is C44H26OS. The summed E-state index contributed by atoms with van der Waals surface area (Å²) < 4.78 is 9.50. The zero-order valence-corrected chi connectivity index (χ0v) is 25.6. The first-order valence-electron chi connectivity index (χ1n) is 15.7. The Morgan fingerprint density at radius 1 is 0.370 bits per heavy atom. The van der Waals surface area contributed by atoms with Crippen LogP contribution in [0.15, 0.2) is 162 Å². The van der Waals surface area contributed by atoms with Gasteiger partial charge in [-0.15, -0.1) is 11.3 Å². The first-order chi connectivity index (χ1) is 22.8. The molecule has 2 aromatic heterocycles. The predicted octanol–water partition coefficient (Wildman–Crippen LogP) is 13.3. The molecule has 0 aliphatic rings. The first-order valence-corrected chi connectivity index (χ1v) is 16.5. The lowest BCUT2D eigenvalue weighted by Gasteiger charge is -2.18. The maximum atomic E-state index is 6.93. The van der Waals surface area contributed by atoms with E-state index in [1.54, 1.807) is 0 Å². The number of thiophene rings is 1. The molecular weight excluding hydrogens is 577 g/mol. The van der Waals surface area contributed by atoms with Crippen molar-refractivity contribution in [2.45, 2.75) is 0 Å². The SMILES string of the molecule is c1ccc(-c2oc3ccc4sc5ccccc5c4c3c2-c2c3ccccc3c(-c3ccc4ccccc4c3)c3ccccc23)cc1. The van der Waals surface area contributed by atoms with Crippen molar-refractivity contribution in [3.63, 3.8) is 0 Å². The third kappa shape index (κ3) is 3.68. The van der Waals surface area contributed by atoms with Crippen LogP contribution in [-0.4, -0.2) is 0 Å². The molecule has 0 aliphatic carbocycles.